The first kappa shape index (κ1) is 20.7. The molecule has 1 amide bonds. The Kier molecular flexibility index (Phi) is 6.36. The van der Waals surface area contributed by atoms with Crippen LogP contribution in [-0.4, -0.2) is 35.0 Å². The molecule has 2 heterocycles. The van der Waals surface area contributed by atoms with Crippen LogP contribution in [0.15, 0.2) is 67.1 Å². The maximum absolute atomic E-state index is 12.4. The standard InChI is InChI=1S/C25H27N5O/c1-30(2)25-28-17-22(19-12-14-26-15-13-19)23(29-25)20-10-8-18(9-11-20)16-27-24(31)21-6-4-3-5-7-21/h3-4,8-15,17,21H,5-7,16H2,1-2H3,(H,27,31). The molecule has 0 saturated heterocycles. The summed E-state index contributed by atoms with van der Waals surface area (Å²) in [5.74, 6) is 0.892. The molecule has 0 aliphatic heterocycles. The number of nitrogens with one attached hydrogen (secondary N) is 1. The first-order valence-electron chi connectivity index (χ1n) is 10.6. The monoisotopic (exact) mass is 413 g/mol. The molecule has 1 aliphatic rings. The molecule has 0 saturated carbocycles. The van der Waals surface area contributed by atoms with E-state index in [1.54, 1.807) is 12.4 Å². The smallest absolute Gasteiger partial charge is 0.225 e. The molecule has 3 aromatic rings. The van der Waals surface area contributed by atoms with E-state index in [-0.39, 0.29) is 11.8 Å². The van der Waals surface area contributed by atoms with Gasteiger partial charge in [-0.1, -0.05) is 36.4 Å². The normalized spacial score (nSPS) is 15.5. The molecule has 6 nitrogen and oxygen atoms in total. The van der Waals surface area contributed by atoms with E-state index in [1.165, 1.54) is 0 Å². The van der Waals surface area contributed by atoms with Gasteiger partial charge in [0.25, 0.3) is 0 Å². The minimum absolute atomic E-state index is 0.0951. The third kappa shape index (κ3) is 4.97. The molecule has 0 radical (unpaired) electrons. The van der Waals surface area contributed by atoms with Gasteiger partial charge in [0.15, 0.2) is 0 Å². The maximum atomic E-state index is 12.4. The Hall–Kier alpha value is -3.54. The topological polar surface area (TPSA) is 71.0 Å². The van der Waals surface area contributed by atoms with Crippen LogP contribution in [0.3, 0.4) is 0 Å². The van der Waals surface area contributed by atoms with Crippen molar-refractivity contribution in [2.45, 2.75) is 25.8 Å². The maximum Gasteiger partial charge on any atom is 0.225 e. The van der Waals surface area contributed by atoms with Gasteiger partial charge >= 0.3 is 0 Å². The van der Waals surface area contributed by atoms with Gasteiger partial charge in [-0.25, -0.2) is 9.97 Å². The number of rotatable bonds is 6. The molecule has 158 valence electrons. The first-order valence-corrected chi connectivity index (χ1v) is 10.6. The molecule has 0 spiro atoms. The summed E-state index contributed by atoms with van der Waals surface area (Å²) in [7, 11) is 3.86. The molecule has 0 fully saturated rings. The number of carbonyl (C=O) groups is 1. The Bertz CT molecular complexity index is 1060. The first-order chi connectivity index (χ1) is 15.1. The predicted molar refractivity (Wildman–Crippen MR) is 123 cm³/mol. The van der Waals surface area contributed by atoms with Crippen molar-refractivity contribution >= 4 is 11.9 Å². The van der Waals surface area contributed by atoms with Crippen molar-refractivity contribution in [3.05, 3.63) is 72.7 Å². The molecule has 6 heteroatoms. The van der Waals surface area contributed by atoms with E-state index in [0.717, 1.165) is 47.2 Å². The highest BCUT2D eigenvalue weighted by molar-refractivity contribution is 5.81. The summed E-state index contributed by atoms with van der Waals surface area (Å²) in [5.41, 5.74) is 4.92. The number of hydrogen-bond acceptors (Lipinski definition) is 5. The van der Waals surface area contributed by atoms with Crippen LogP contribution in [-0.2, 0) is 11.3 Å². The number of benzene rings is 1. The lowest BCUT2D eigenvalue weighted by molar-refractivity contribution is -0.125. The Morgan fingerprint density at radius 3 is 2.52 bits per heavy atom. The van der Waals surface area contributed by atoms with Crippen LogP contribution in [0.5, 0.6) is 0 Å². The van der Waals surface area contributed by atoms with Crippen LogP contribution in [0, 0.1) is 5.92 Å². The van der Waals surface area contributed by atoms with E-state index < -0.39 is 0 Å². The van der Waals surface area contributed by atoms with Gasteiger partial charge in [0.05, 0.1) is 5.69 Å². The quantitative estimate of drug-likeness (QED) is 0.612. The highest BCUT2D eigenvalue weighted by atomic mass is 16.1. The van der Waals surface area contributed by atoms with Crippen LogP contribution < -0.4 is 10.2 Å². The average molecular weight is 414 g/mol. The van der Waals surface area contributed by atoms with E-state index in [9.17, 15) is 4.79 Å². The minimum Gasteiger partial charge on any atom is -0.352 e. The van der Waals surface area contributed by atoms with Gasteiger partial charge in [-0.15, -0.1) is 0 Å². The second kappa shape index (κ2) is 9.51. The van der Waals surface area contributed by atoms with Gasteiger partial charge in [-0.2, -0.15) is 0 Å². The van der Waals surface area contributed by atoms with Gasteiger partial charge in [0.2, 0.25) is 11.9 Å². The van der Waals surface area contributed by atoms with Gasteiger partial charge < -0.3 is 10.2 Å². The summed E-state index contributed by atoms with van der Waals surface area (Å²) >= 11 is 0. The van der Waals surface area contributed by atoms with Crippen molar-refractivity contribution in [3.63, 3.8) is 0 Å². The molecule has 4 rings (SSSR count). The lowest BCUT2D eigenvalue weighted by Crippen LogP contribution is -2.30. The number of carbonyl (C=O) groups excluding carboxylic acids is 1. The van der Waals surface area contributed by atoms with E-state index in [2.05, 4.69) is 39.6 Å². The van der Waals surface area contributed by atoms with Crippen LogP contribution in [0.4, 0.5) is 5.95 Å². The van der Waals surface area contributed by atoms with E-state index in [0.29, 0.717) is 12.5 Å². The SMILES string of the molecule is CN(C)c1ncc(-c2ccncc2)c(-c2ccc(CNC(=O)C3CC=CCC3)cc2)n1. The Balaban J connectivity index is 1.54. The zero-order valence-electron chi connectivity index (χ0n) is 18.0. The van der Waals surface area contributed by atoms with Crippen molar-refractivity contribution in [3.8, 4) is 22.4 Å². The van der Waals surface area contributed by atoms with Crippen LogP contribution in [0.25, 0.3) is 22.4 Å². The Morgan fingerprint density at radius 2 is 1.84 bits per heavy atom. The van der Waals surface area contributed by atoms with Crippen molar-refractivity contribution in [2.75, 3.05) is 19.0 Å². The van der Waals surface area contributed by atoms with E-state index in [4.69, 9.17) is 4.98 Å². The molecular formula is C25H27N5O. The van der Waals surface area contributed by atoms with Crippen molar-refractivity contribution < 1.29 is 4.79 Å². The fourth-order valence-corrected chi connectivity index (χ4v) is 3.70. The second-order valence-corrected chi connectivity index (χ2v) is 7.96. The lowest BCUT2D eigenvalue weighted by Gasteiger charge is -2.17. The van der Waals surface area contributed by atoms with Gasteiger partial charge in [0.1, 0.15) is 0 Å². The Morgan fingerprint density at radius 1 is 1.06 bits per heavy atom. The molecular weight excluding hydrogens is 386 g/mol. The number of aromatic nitrogens is 3. The van der Waals surface area contributed by atoms with Crippen LogP contribution in [0.1, 0.15) is 24.8 Å². The zero-order chi connectivity index (χ0) is 21.6. The molecule has 0 bridgehead atoms. The summed E-state index contributed by atoms with van der Waals surface area (Å²) in [4.78, 5) is 27.7. The van der Waals surface area contributed by atoms with Crippen molar-refractivity contribution in [1.29, 1.82) is 0 Å². The van der Waals surface area contributed by atoms with Crippen molar-refractivity contribution in [2.24, 2.45) is 5.92 Å². The molecule has 2 aromatic heterocycles. The fraction of sp³-hybridized carbons (Fsp3) is 0.280. The largest absolute Gasteiger partial charge is 0.352 e. The number of amides is 1. The molecule has 1 unspecified atom stereocenters. The Labute approximate surface area is 183 Å². The van der Waals surface area contributed by atoms with Crippen molar-refractivity contribution in [1.82, 2.24) is 20.3 Å². The molecule has 1 N–H and O–H groups in total. The number of nitrogens with zero attached hydrogens (tertiary/aromatic N) is 4. The summed E-state index contributed by atoms with van der Waals surface area (Å²) in [5, 5.41) is 3.08. The van der Waals surface area contributed by atoms with E-state index >= 15 is 0 Å². The van der Waals surface area contributed by atoms with Crippen LogP contribution >= 0.6 is 0 Å². The third-order valence-corrected chi connectivity index (χ3v) is 5.50. The minimum atomic E-state index is 0.0951. The summed E-state index contributed by atoms with van der Waals surface area (Å²) in [6, 6.07) is 12.1. The molecule has 1 atom stereocenters. The van der Waals surface area contributed by atoms with Gasteiger partial charge in [-0.05, 0) is 42.5 Å². The molecule has 1 aliphatic carbocycles. The fourth-order valence-electron chi connectivity index (χ4n) is 3.70. The average Bonchev–Trinajstić information content (AvgIpc) is 2.83. The van der Waals surface area contributed by atoms with E-state index in [1.807, 2.05) is 49.5 Å². The second-order valence-electron chi connectivity index (χ2n) is 7.96. The summed E-state index contributed by atoms with van der Waals surface area (Å²) in [6.07, 6.45) is 12.4. The van der Waals surface area contributed by atoms with Crippen LogP contribution in [0.2, 0.25) is 0 Å². The number of anilines is 1. The molecule has 1 aromatic carbocycles. The summed E-state index contributed by atoms with van der Waals surface area (Å²) < 4.78 is 0. The summed E-state index contributed by atoms with van der Waals surface area (Å²) in [6.45, 7) is 0.531. The number of pyridine rings is 1. The lowest BCUT2D eigenvalue weighted by atomic mass is 9.93. The van der Waals surface area contributed by atoms with Gasteiger partial charge in [0, 0.05) is 56.3 Å². The molecule has 31 heavy (non-hydrogen) atoms. The van der Waals surface area contributed by atoms with Gasteiger partial charge in [-0.3, -0.25) is 9.78 Å². The predicted octanol–water partition coefficient (Wildman–Crippen LogP) is 4.24. The highest BCUT2D eigenvalue weighted by Crippen LogP contribution is 2.31. The zero-order valence-corrected chi connectivity index (χ0v) is 18.0. The number of hydrogen-bond donors (Lipinski definition) is 1. The highest BCUT2D eigenvalue weighted by Gasteiger charge is 2.18. The number of allylic oxidation sites excluding steroid dienone is 2. The third-order valence-electron chi connectivity index (χ3n) is 5.50.